The molecule has 2 N–H and O–H groups in total. The number of phenols is 2. The van der Waals surface area contributed by atoms with Crippen molar-refractivity contribution >= 4 is 46.0 Å². The van der Waals surface area contributed by atoms with Crippen molar-refractivity contribution < 1.29 is 19.7 Å². The van der Waals surface area contributed by atoms with Gasteiger partial charge >= 0.3 is 0 Å². The molecule has 2 aromatic carbocycles. The molecule has 0 saturated carbocycles. The van der Waals surface area contributed by atoms with E-state index in [4.69, 9.17) is 17.0 Å². The van der Waals surface area contributed by atoms with Crippen molar-refractivity contribution in [3.8, 4) is 17.2 Å². The monoisotopic (exact) mass is 359 g/mol. The highest BCUT2D eigenvalue weighted by Gasteiger charge is 2.33. The minimum absolute atomic E-state index is 0.210. The first-order chi connectivity index (χ1) is 11.5. The second-order valence-electron chi connectivity index (χ2n) is 4.96. The molecular weight excluding hydrogens is 346 g/mol. The summed E-state index contributed by atoms with van der Waals surface area (Å²) in [5, 5.41) is 18.9. The summed E-state index contributed by atoms with van der Waals surface area (Å²) in [4.78, 5) is 14.5. The van der Waals surface area contributed by atoms with Crippen LogP contribution >= 0.6 is 24.0 Å². The number of carbonyl (C=O) groups excluding carboxylic acids is 1. The third kappa shape index (κ3) is 3.08. The molecule has 0 aliphatic carbocycles. The number of nitrogens with zero attached hydrogens (tertiary/aromatic N) is 1. The summed E-state index contributed by atoms with van der Waals surface area (Å²) in [6.07, 6.45) is 1.63. The molecule has 1 fully saturated rings. The van der Waals surface area contributed by atoms with Gasteiger partial charge in [0.05, 0.1) is 17.7 Å². The third-order valence-electron chi connectivity index (χ3n) is 3.42. The van der Waals surface area contributed by atoms with Gasteiger partial charge in [-0.25, -0.2) is 0 Å². The highest BCUT2D eigenvalue weighted by molar-refractivity contribution is 8.27. The molecule has 24 heavy (non-hydrogen) atoms. The summed E-state index contributed by atoms with van der Waals surface area (Å²) in [5.74, 6) is 0.00866. The van der Waals surface area contributed by atoms with E-state index in [0.717, 1.165) is 0 Å². The van der Waals surface area contributed by atoms with Crippen LogP contribution in [0.15, 0.2) is 47.4 Å². The molecule has 0 spiro atoms. The topological polar surface area (TPSA) is 70.0 Å². The van der Waals surface area contributed by atoms with E-state index in [1.807, 2.05) is 0 Å². The maximum Gasteiger partial charge on any atom is 0.270 e. The van der Waals surface area contributed by atoms with E-state index >= 15 is 0 Å². The van der Waals surface area contributed by atoms with Gasteiger partial charge in [0.15, 0.2) is 15.8 Å². The van der Waals surface area contributed by atoms with Crippen molar-refractivity contribution in [2.75, 3.05) is 12.0 Å². The number of rotatable bonds is 3. The van der Waals surface area contributed by atoms with Crippen molar-refractivity contribution in [3.05, 3.63) is 52.9 Å². The fourth-order valence-electron chi connectivity index (χ4n) is 2.20. The highest BCUT2D eigenvalue weighted by atomic mass is 32.2. The lowest BCUT2D eigenvalue weighted by molar-refractivity contribution is -0.113. The molecule has 0 atom stereocenters. The first-order valence-electron chi connectivity index (χ1n) is 6.93. The van der Waals surface area contributed by atoms with Crippen molar-refractivity contribution in [1.82, 2.24) is 0 Å². The predicted molar refractivity (Wildman–Crippen MR) is 98.4 cm³/mol. The van der Waals surface area contributed by atoms with Gasteiger partial charge in [0.2, 0.25) is 0 Å². The molecular formula is C17H13NO4S2. The minimum atomic E-state index is -0.241. The summed E-state index contributed by atoms with van der Waals surface area (Å²) in [5.41, 5.74) is 1.26. The van der Waals surface area contributed by atoms with Crippen LogP contribution in [0.5, 0.6) is 17.2 Å². The Bertz CT molecular complexity index is 846. The molecule has 2 aromatic rings. The van der Waals surface area contributed by atoms with Crippen LogP contribution in [0.4, 0.5) is 5.69 Å². The average molecular weight is 359 g/mol. The van der Waals surface area contributed by atoms with Crippen LogP contribution in [0.2, 0.25) is 0 Å². The molecule has 1 saturated heterocycles. The van der Waals surface area contributed by atoms with Crippen LogP contribution in [0.3, 0.4) is 0 Å². The van der Waals surface area contributed by atoms with Gasteiger partial charge < -0.3 is 14.9 Å². The molecule has 1 aliphatic rings. The molecule has 122 valence electrons. The number of ether oxygens (including phenoxy) is 1. The van der Waals surface area contributed by atoms with E-state index in [1.54, 1.807) is 43.5 Å². The number of benzene rings is 2. The summed E-state index contributed by atoms with van der Waals surface area (Å²) in [7, 11) is 1.57. The Balaban J connectivity index is 1.90. The summed E-state index contributed by atoms with van der Waals surface area (Å²) in [6.45, 7) is 0. The maximum atomic E-state index is 12.6. The molecule has 0 bridgehead atoms. The molecule has 3 rings (SSSR count). The van der Waals surface area contributed by atoms with E-state index in [2.05, 4.69) is 0 Å². The zero-order valence-corrected chi connectivity index (χ0v) is 14.2. The lowest BCUT2D eigenvalue weighted by Gasteiger charge is -2.14. The minimum Gasteiger partial charge on any atom is -0.504 e. The number of aromatic hydroxyl groups is 2. The number of anilines is 1. The van der Waals surface area contributed by atoms with E-state index in [0.29, 0.717) is 26.2 Å². The molecule has 1 aliphatic heterocycles. The van der Waals surface area contributed by atoms with Crippen molar-refractivity contribution in [3.63, 3.8) is 0 Å². The van der Waals surface area contributed by atoms with Crippen LogP contribution in [-0.4, -0.2) is 27.6 Å². The first kappa shape index (κ1) is 16.4. The van der Waals surface area contributed by atoms with Gasteiger partial charge in [0.25, 0.3) is 5.91 Å². The van der Waals surface area contributed by atoms with Gasteiger partial charge in [-0.3, -0.25) is 9.69 Å². The Morgan fingerprint density at radius 3 is 2.46 bits per heavy atom. The highest BCUT2D eigenvalue weighted by Crippen LogP contribution is 2.37. The van der Waals surface area contributed by atoms with Gasteiger partial charge in [0.1, 0.15) is 5.75 Å². The third-order valence-corrected chi connectivity index (χ3v) is 4.72. The number of thiocarbonyl (C=S) groups is 1. The molecule has 0 unspecified atom stereocenters. The van der Waals surface area contributed by atoms with Crippen LogP contribution in [-0.2, 0) is 4.79 Å². The largest absolute Gasteiger partial charge is 0.504 e. The van der Waals surface area contributed by atoms with Gasteiger partial charge in [-0.15, -0.1) is 0 Å². The zero-order chi connectivity index (χ0) is 17.3. The summed E-state index contributed by atoms with van der Waals surface area (Å²) in [6, 6.07) is 11.4. The number of phenolic OH excluding ortho intramolecular Hbond substituents is 2. The second-order valence-corrected chi connectivity index (χ2v) is 6.64. The molecule has 1 amide bonds. The second kappa shape index (κ2) is 6.54. The SMILES string of the molecule is COc1ccc(N2C(=O)/C(=C\c3ccc(O)c(O)c3)SC2=S)cc1. The number of hydrogen-bond donors (Lipinski definition) is 2. The smallest absolute Gasteiger partial charge is 0.270 e. The number of carbonyl (C=O) groups is 1. The first-order valence-corrected chi connectivity index (χ1v) is 8.16. The van der Waals surface area contributed by atoms with Crippen LogP contribution in [0, 0.1) is 0 Å². The van der Waals surface area contributed by atoms with Crippen molar-refractivity contribution in [2.45, 2.75) is 0 Å². The Kier molecular flexibility index (Phi) is 4.46. The zero-order valence-electron chi connectivity index (χ0n) is 12.6. The van der Waals surface area contributed by atoms with E-state index in [1.165, 1.54) is 28.8 Å². The van der Waals surface area contributed by atoms with Gasteiger partial charge in [-0.1, -0.05) is 30.0 Å². The number of hydrogen-bond acceptors (Lipinski definition) is 6. The fourth-order valence-corrected chi connectivity index (χ4v) is 3.50. The predicted octanol–water partition coefficient (Wildman–Crippen LogP) is 3.51. The van der Waals surface area contributed by atoms with Crippen LogP contribution < -0.4 is 9.64 Å². The fraction of sp³-hybridized carbons (Fsp3) is 0.0588. The number of amides is 1. The number of methoxy groups -OCH3 is 1. The summed E-state index contributed by atoms with van der Waals surface area (Å²) < 4.78 is 5.54. The quantitative estimate of drug-likeness (QED) is 0.496. The van der Waals surface area contributed by atoms with Gasteiger partial charge in [-0.05, 0) is 48.0 Å². The molecule has 1 heterocycles. The van der Waals surface area contributed by atoms with Crippen LogP contribution in [0.1, 0.15) is 5.56 Å². The van der Waals surface area contributed by atoms with Gasteiger partial charge in [0, 0.05) is 0 Å². The van der Waals surface area contributed by atoms with E-state index in [9.17, 15) is 15.0 Å². The Morgan fingerprint density at radius 1 is 1.12 bits per heavy atom. The number of thioether (sulfide) groups is 1. The lowest BCUT2D eigenvalue weighted by atomic mass is 10.2. The van der Waals surface area contributed by atoms with E-state index in [-0.39, 0.29) is 17.4 Å². The molecule has 0 aromatic heterocycles. The van der Waals surface area contributed by atoms with Crippen molar-refractivity contribution in [1.29, 1.82) is 0 Å². The Labute approximate surface area is 148 Å². The van der Waals surface area contributed by atoms with Crippen molar-refractivity contribution in [2.24, 2.45) is 0 Å². The Hall–Kier alpha value is -2.51. The summed E-state index contributed by atoms with van der Waals surface area (Å²) >= 11 is 6.49. The maximum absolute atomic E-state index is 12.6. The lowest BCUT2D eigenvalue weighted by Crippen LogP contribution is -2.27. The van der Waals surface area contributed by atoms with Gasteiger partial charge in [-0.2, -0.15) is 0 Å². The van der Waals surface area contributed by atoms with Crippen LogP contribution in [0.25, 0.3) is 6.08 Å². The molecule has 7 heteroatoms. The standard InChI is InChI=1S/C17H13NO4S2/c1-22-12-5-3-11(4-6-12)18-16(21)15(24-17(18)23)9-10-2-7-13(19)14(20)8-10/h2-9,19-20H,1H3/b15-9+. The molecule has 0 radical (unpaired) electrons. The normalized spacial score (nSPS) is 16.0. The average Bonchev–Trinajstić information content (AvgIpc) is 2.85. The molecule has 5 nitrogen and oxygen atoms in total. The van der Waals surface area contributed by atoms with E-state index < -0.39 is 0 Å². The Morgan fingerprint density at radius 2 is 1.83 bits per heavy atom.